The zero-order chi connectivity index (χ0) is 16.2. The number of anilines is 4. The van der Waals surface area contributed by atoms with Gasteiger partial charge < -0.3 is 10.6 Å². The zero-order valence-electron chi connectivity index (χ0n) is 12.3. The highest BCUT2D eigenvalue weighted by atomic mass is 79.9. The molecule has 3 rings (SSSR count). The second kappa shape index (κ2) is 6.98. The highest BCUT2D eigenvalue weighted by Gasteiger charge is 2.03. The molecule has 0 aliphatic heterocycles. The van der Waals surface area contributed by atoms with E-state index < -0.39 is 0 Å². The lowest BCUT2D eigenvalue weighted by molar-refractivity contribution is 1.16. The Morgan fingerprint density at radius 1 is 1.00 bits per heavy atom. The van der Waals surface area contributed by atoms with Gasteiger partial charge in [-0.05, 0) is 48.9 Å². The van der Waals surface area contributed by atoms with E-state index in [2.05, 4.69) is 36.5 Å². The summed E-state index contributed by atoms with van der Waals surface area (Å²) in [4.78, 5) is 8.68. The van der Waals surface area contributed by atoms with Crippen molar-refractivity contribution in [2.75, 3.05) is 10.6 Å². The number of nitrogens with one attached hydrogen (secondary N) is 2. The number of benzene rings is 2. The fourth-order valence-corrected chi connectivity index (χ4v) is 2.57. The molecule has 3 aromatic rings. The number of aromatic nitrogens is 2. The summed E-state index contributed by atoms with van der Waals surface area (Å²) in [6.45, 7) is 2.05. The van der Waals surface area contributed by atoms with Crippen molar-refractivity contribution in [2.45, 2.75) is 6.92 Å². The topological polar surface area (TPSA) is 49.8 Å². The minimum Gasteiger partial charge on any atom is -0.340 e. The maximum atomic E-state index is 5.98. The number of hydrogen-bond donors (Lipinski definition) is 2. The number of nitrogens with zero attached hydrogens (tertiary/aromatic N) is 2. The van der Waals surface area contributed by atoms with Gasteiger partial charge in [-0.2, -0.15) is 4.98 Å². The molecule has 2 N–H and O–H groups in total. The first-order valence-corrected chi connectivity index (χ1v) is 8.16. The molecule has 0 aliphatic carbocycles. The first-order valence-electron chi connectivity index (χ1n) is 6.99. The predicted molar refractivity (Wildman–Crippen MR) is 98.9 cm³/mol. The second-order valence-corrected chi connectivity index (χ2v) is 6.28. The van der Waals surface area contributed by atoms with E-state index in [0.717, 1.165) is 15.8 Å². The molecule has 23 heavy (non-hydrogen) atoms. The van der Waals surface area contributed by atoms with Crippen molar-refractivity contribution in [1.82, 2.24) is 9.97 Å². The highest BCUT2D eigenvalue weighted by molar-refractivity contribution is 9.10. The average molecular weight is 390 g/mol. The fraction of sp³-hybridized carbons (Fsp3) is 0.0588. The SMILES string of the molecule is Cc1ccc(Nc2ccnc(Nc3cccc(Cl)c3)n2)cc1Br. The molecule has 0 radical (unpaired) electrons. The van der Waals surface area contributed by atoms with Gasteiger partial charge in [-0.1, -0.05) is 39.7 Å². The van der Waals surface area contributed by atoms with Gasteiger partial charge >= 0.3 is 0 Å². The quantitative estimate of drug-likeness (QED) is 0.602. The third-order valence-electron chi connectivity index (χ3n) is 3.18. The van der Waals surface area contributed by atoms with Crippen molar-refractivity contribution in [2.24, 2.45) is 0 Å². The van der Waals surface area contributed by atoms with Crippen LogP contribution in [0.2, 0.25) is 5.02 Å². The molecule has 116 valence electrons. The van der Waals surface area contributed by atoms with Crippen LogP contribution in [-0.2, 0) is 0 Å². The molecule has 0 saturated heterocycles. The molecule has 0 saturated carbocycles. The van der Waals surface area contributed by atoms with Crippen LogP contribution in [0.5, 0.6) is 0 Å². The minimum absolute atomic E-state index is 0.503. The monoisotopic (exact) mass is 388 g/mol. The predicted octanol–water partition coefficient (Wildman–Crippen LogP) is 5.69. The van der Waals surface area contributed by atoms with Crippen molar-refractivity contribution in [3.63, 3.8) is 0 Å². The van der Waals surface area contributed by atoms with Crippen LogP contribution in [0.25, 0.3) is 0 Å². The summed E-state index contributed by atoms with van der Waals surface area (Å²) in [5.74, 6) is 1.21. The molecule has 0 amide bonds. The van der Waals surface area contributed by atoms with Crippen molar-refractivity contribution in [1.29, 1.82) is 0 Å². The normalized spacial score (nSPS) is 10.4. The summed E-state index contributed by atoms with van der Waals surface area (Å²) < 4.78 is 1.05. The van der Waals surface area contributed by atoms with Crippen LogP contribution in [0.1, 0.15) is 5.56 Å². The summed E-state index contributed by atoms with van der Waals surface area (Å²) in [7, 11) is 0. The molecular formula is C17H14BrClN4. The van der Waals surface area contributed by atoms with Crippen LogP contribution in [0, 0.1) is 6.92 Å². The van der Waals surface area contributed by atoms with Gasteiger partial charge in [0.05, 0.1) is 0 Å². The van der Waals surface area contributed by atoms with Gasteiger partial charge in [0.15, 0.2) is 0 Å². The lowest BCUT2D eigenvalue weighted by Gasteiger charge is -2.09. The standard InChI is InChI=1S/C17H14BrClN4/c1-11-5-6-14(10-15(11)18)21-16-7-8-20-17(23-16)22-13-4-2-3-12(19)9-13/h2-10H,1H3,(H2,20,21,22,23). The number of hydrogen-bond acceptors (Lipinski definition) is 4. The minimum atomic E-state index is 0.503. The van der Waals surface area contributed by atoms with E-state index in [0.29, 0.717) is 16.8 Å². The zero-order valence-corrected chi connectivity index (χ0v) is 14.7. The van der Waals surface area contributed by atoms with E-state index >= 15 is 0 Å². The Bertz CT molecular complexity index is 838. The van der Waals surface area contributed by atoms with E-state index in [1.165, 1.54) is 5.56 Å². The first-order chi connectivity index (χ1) is 11.1. The third-order valence-corrected chi connectivity index (χ3v) is 4.27. The van der Waals surface area contributed by atoms with Crippen molar-refractivity contribution in [3.05, 3.63) is 69.8 Å². The van der Waals surface area contributed by atoms with Gasteiger partial charge in [0.1, 0.15) is 5.82 Å². The molecule has 1 heterocycles. The summed E-state index contributed by atoms with van der Waals surface area (Å²) >= 11 is 9.51. The molecule has 1 aromatic heterocycles. The maximum absolute atomic E-state index is 5.98. The highest BCUT2D eigenvalue weighted by Crippen LogP contribution is 2.24. The van der Waals surface area contributed by atoms with Crippen LogP contribution in [0.4, 0.5) is 23.1 Å². The summed E-state index contributed by atoms with van der Waals surface area (Å²) in [6, 6.07) is 15.3. The maximum Gasteiger partial charge on any atom is 0.229 e. The van der Waals surface area contributed by atoms with Gasteiger partial charge in [-0.3, -0.25) is 0 Å². The molecular weight excluding hydrogens is 376 g/mol. The Morgan fingerprint density at radius 3 is 2.61 bits per heavy atom. The molecule has 0 bridgehead atoms. The second-order valence-electron chi connectivity index (χ2n) is 4.99. The summed E-state index contributed by atoms with van der Waals surface area (Å²) in [5.41, 5.74) is 2.98. The van der Waals surface area contributed by atoms with E-state index in [-0.39, 0.29) is 0 Å². The molecule has 0 atom stereocenters. The van der Waals surface area contributed by atoms with Crippen LogP contribution >= 0.6 is 27.5 Å². The Labute approximate surface area is 148 Å². The molecule has 2 aromatic carbocycles. The summed E-state index contributed by atoms with van der Waals surface area (Å²) in [5, 5.41) is 7.06. The van der Waals surface area contributed by atoms with Gasteiger partial charge in [0.25, 0.3) is 0 Å². The summed E-state index contributed by atoms with van der Waals surface area (Å²) in [6.07, 6.45) is 1.70. The van der Waals surface area contributed by atoms with Crippen LogP contribution in [0.15, 0.2) is 59.2 Å². The number of halogens is 2. The Balaban J connectivity index is 1.78. The van der Waals surface area contributed by atoms with E-state index in [1.54, 1.807) is 6.20 Å². The average Bonchev–Trinajstić information content (AvgIpc) is 2.51. The van der Waals surface area contributed by atoms with Gasteiger partial charge in [0, 0.05) is 27.1 Å². The fourth-order valence-electron chi connectivity index (χ4n) is 2.00. The molecule has 4 nitrogen and oxygen atoms in total. The number of aryl methyl sites for hydroxylation is 1. The molecule has 6 heteroatoms. The van der Waals surface area contributed by atoms with Gasteiger partial charge in [-0.25, -0.2) is 4.98 Å². The van der Waals surface area contributed by atoms with Crippen molar-refractivity contribution < 1.29 is 0 Å². The Morgan fingerprint density at radius 2 is 1.83 bits per heavy atom. The molecule has 0 spiro atoms. The van der Waals surface area contributed by atoms with Gasteiger partial charge in [-0.15, -0.1) is 0 Å². The van der Waals surface area contributed by atoms with Crippen molar-refractivity contribution >= 4 is 50.7 Å². The third kappa shape index (κ3) is 4.21. The van der Waals surface area contributed by atoms with E-state index in [4.69, 9.17) is 11.6 Å². The first kappa shape index (κ1) is 15.8. The van der Waals surface area contributed by atoms with E-state index in [9.17, 15) is 0 Å². The van der Waals surface area contributed by atoms with Crippen LogP contribution in [-0.4, -0.2) is 9.97 Å². The molecule has 0 unspecified atom stereocenters. The Kier molecular flexibility index (Phi) is 4.79. The smallest absolute Gasteiger partial charge is 0.229 e. The lowest BCUT2D eigenvalue weighted by atomic mass is 10.2. The van der Waals surface area contributed by atoms with Crippen LogP contribution < -0.4 is 10.6 Å². The van der Waals surface area contributed by atoms with Crippen molar-refractivity contribution in [3.8, 4) is 0 Å². The van der Waals surface area contributed by atoms with E-state index in [1.807, 2.05) is 55.5 Å². The van der Waals surface area contributed by atoms with Crippen LogP contribution in [0.3, 0.4) is 0 Å². The van der Waals surface area contributed by atoms with Gasteiger partial charge in [0.2, 0.25) is 5.95 Å². The molecule has 0 fully saturated rings. The number of rotatable bonds is 4. The molecule has 0 aliphatic rings. The Hall–Kier alpha value is -2.11. The lowest BCUT2D eigenvalue weighted by Crippen LogP contribution is -2.00. The largest absolute Gasteiger partial charge is 0.340 e.